The highest BCUT2D eigenvalue weighted by molar-refractivity contribution is 9.10. The van der Waals surface area contributed by atoms with Gasteiger partial charge < -0.3 is 20.4 Å². The first-order chi connectivity index (χ1) is 8.79. The average molecular weight is 331 g/mol. The first kappa shape index (κ1) is 15.5. The first-order valence-electron chi connectivity index (χ1n) is 5.53. The number of hydrogen-bond acceptors (Lipinski definition) is 3. The van der Waals surface area contributed by atoms with Crippen molar-refractivity contribution in [3.8, 4) is 0 Å². The minimum atomic E-state index is -1.07. The summed E-state index contributed by atoms with van der Waals surface area (Å²) in [6.45, 7) is 1.76. The summed E-state index contributed by atoms with van der Waals surface area (Å²) in [5.74, 6) is -1.07. The maximum Gasteiger partial charge on any atom is 0.335 e. The van der Waals surface area contributed by atoms with Crippen LogP contribution in [0.15, 0.2) is 22.7 Å². The van der Waals surface area contributed by atoms with Gasteiger partial charge in [-0.25, -0.2) is 9.59 Å². The van der Waals surface area contributed by atoms with Crippen LogP contribution in [-0.4, -0.2) is 46.8 Å². The Labute approximate surface area is 119 Å². The van der Waals surface area contributed by atoms with Crippen LogP contribution in [0.4, 0.5) is 10.5 Å². The van der Waals surface area contributed by atoms with Gasteiger partial charge in [-0.1, -0.05) is 15.9 Å². The smallest absolute Gasteiger partial charge is 0.335 e. The van der Waals surface area contributed by atoms with Crippen molar-refractivity contribution < 1.29 is 19.8 Å². The average Bonchev–Trinajstić information content (AvgIpc) is 2.26. The number of carboxylic acid groups (broad SMARTS) is 1. The highest BCUT2D eigenvalue weighted by Gasteiger charge is 2.12. The largest absolute Gasteiger partial charge is 0.478 e. The van der Waals surface area contributed by atoms with Gasteiger partial charge in [0.1, 0.15) is 0 Å². The summed E-state index contributed by atoms with van der Waals surface area (Å²) in [7, 11) is 1.54. The van der Waals surface area contributed by atoms with Crippen LogP contribution in [0.3, 0.4) is 0 Å². The Morgan fingerprint density at radius 2 is 2.05 bits per heavy atom. The predicted molar refractivity (Wildman–Crippen MR) is 74.4 cm³/mol. The molecule has 0 bridgehead atoms. The Kier molecular flexibility index (Phi) is 5.31. The number of benzene rings is 1. The van der Waals surface area contributed by atoms with Crippen LogP contribution >= 0.6 is 15.9 Å². The maximum absolute atomic E-state index is 11.8. The molecule has 0 fully saturated rings. The van der Waals surface area contributed by atoms with Crippen LogP contribution in [0, 0.1) is 0 Å². The second kappa shape index (κ2) is 6.53. The molecule has 1 rings (SSSR count). The minimum Gasteiger partial charge on any atom is -0.478 e. The molecule has 104 valence electrons. The SMILES string of the molecule is CC(O)CN(C)C(=O)Nc1cc(Br)cc(C(=O)O)c1. The molecule has 19 heavy (non-hydrogen) atoms. The molecule has 0 saturated heterocycles. The monoisotopic (exact) mass is 330 g/mol. The fraction of sp³-hybridized carbons (Fsp3) is 0.333. The Balaban J connectivity index is 2.82. The van der Waals surface area contributed by atoms with E-state index in [0.717, 1.165) is 0 Å². The van der Waals surface area contributed by atoms with Gasteiger partial charge in [0.25, 0.3) is 0 Å². The number of aromatic carboxylic acids is 1. The summed E-state index contributed by atoms with van der Waals surface area (Å²) in [5, 5.41) is 20.7. The number of carbonyl (C=O) groups is 2. The molecule has 0 spiro atoms. The van der Waals surface area contributed by atoms with Crippen molar-refractivity contribution in [1.82, 2.24) is 4.90 Å². The van der Waals surface area contributed by atoms with Crippen molar-refractivity contribution in [3.05, 3.63) is 28.2 Å². The number of hydrogen-bond donors (Lipinski definition) is 3. The number of aliphatic hydroxyl groups is 1. The van der Waals surface area contributed by atoms with Gasteiger partial charge in [-0.2, -0.15) is 0 Å². The lowest BCUT2D eigenvalue weighted by molar-refractivity contribution is 0.0697. The molecule has 0 aromatic heterocycles. The zero-order valence-corrected chi connectivity index (χ0v) is 12.1. The van der Waals surface area contributed by atoms with E-state index in [2.05, 4.69) is 21.2 Å². The summed E-state index contributed by atoms with van der Waals surface area (Å²) in [5.41, 5.74) is 0.442. The quantitative estimate of drug-likeness (QED) is 0.787. The van der Waals surface area contributed by atoms with Gasteiger partial charge in [-0.3, -0.25) is 0 Å². The van der Waals surface area contributed by atoms with E-state index in [0.29, 0.717) is 10.2 Å². The van der Waals surface area contributed by atoms with Crippen LogP contribution in [0.1, 0.15) is 17.3 Å². The fourth-order valence-corrected chi connectivity index (χ4v) is 1.98. The van der Waals surface area contributed by atoms with Crippen molar-refractivity contribution in [2.24, 2.45) is 0 Å². The van der Waals surface area contributed by atoms with Crippen molar-refractivity contribution in [1.29, 1.82) is 0 Å². The number of anilines is 1. The lowest BCUT2D eigenvalue weighted by Gasteiger charge is -2.19. The first-order valence-corrected chi connectivity index (χ1v) is 6.33. The molecule has 7 heteroatoms. The van der Waals surface area contributed by atoms with E-state index >= 15 is 0 Å². The van der Waals surface area contributed by atoms with E-state index in [1.165, 1.54) is 24.1 Å². The number of carboxylic acids is 1. The van der Waals surface area contributed by atoms with Crippen molar-refractivity contribution in [2.45, 2.75) is 13.0 Å². The Morgan fingerprint density at radius 1 is 1.42 bits per heavy atom. The van der Waals surface area contributed by atoms with Crippen LogP contribution in [-0.2, 0) is 0 Å². The van der Waals surface area contributed by atoms with E-state index in [1.54, 1.807) is 13.0 Å². The molecule has 1 unspecified atom stereocenters. The maximum atomic E-state index is 11.8. The number of amides is 2. The Hall–Kier alpha value is -1.60. The van der Waals surface area contributed by atoms with Crippen molar-refractivity contribution >= 4 is 33.6 Å². The summed E-state index contributed by atoms with van der Waals surface area (Å²) in [4.78, 5) is 24.0. The second-order valence-corrected chi connectivity index (χ2v) is 5.11. The Morgan fingerprint density at radius 3 is 2.58 bits per heavy atom. The highest BCUT2D eigenvalue weighted by Crippen LogP contribution is 2.20. The number of nitrogens with zero attached hydrogens (tertiary/aromatic N) is 1. The lowest BCUT2D eigenvalue weighted by atomic mass is 10.2. The third-order valence-corrected chi connectivity index (χ3v) is 2.74. The van der Waals surface area contributed by atoms with Gasteiger partial charge in [0, 0.05) is 23.8 Å². The molecule has 2 amide bonds. The molecule has 0 aliphatic carbocycles. The van der Waals surface area contributed by atoms with Crippen molar-refractivity contribution in [3.63, 3.8) is 0 Å². The molecule has 3 N–H and O–H groups in total. The fourth-order valence-electron chi connectivity index (χ4n) is 1.48. The van der Waals surface area contributed by atoms with Gasteiger partial charge in [0.05, 0.1) is 11.7 Å². The highest BCUT2D eigenvalue weighted by atomic mass is 79.9. The van der Waals surface area contributed by atoms with E-state index in [-0.39, 0.29) is 12.1 Å². The minimum absolute atomic E-state index is 0.0721. The van der Waals surface area contributed by atoms with Gasteiger partial charge >= 0.3 is 12.0 Å². The second-order valence-electron chi connectivity index (χ2n) is 4.19. The molecule has 1 aromatic rings. The molecule has 6 nitrogen and oxygen atoms in total. The van der Waals surface area contributed by atoms with Crippen molar-refractivity contribution in [2.75, 3.05) is 18.9 Å². The summed E-state index contributed by atoms with van der Waals surface area (Å²) in [6, 6.07) is 3.98. The molecular weight excluding hydrogens is 316 g/mol. The number of halogens is 1. The number of nitrogens with one attached hydrogen (secondary N) is 1. The normalized spacial score (nSPS) is 11.8. The molecule has 0 saturated carbocycles. The summed E-state index contributed by atoms with van der Waals surface area (Å²) >= 11 is 3.18. The van der Waals surface area contributed by atoms with E-state index in [9.17, 15) is 14.7 Å². The van der Waals surface area contributed by atoms with Gasteiger partial charge in [-0.15, -0.1) is 0 Å². The van der Waals surface area contributed by atoms with Crippen LogP contribution in [0.25, 0.3) is 0 Å². The Bertz CT molecular complexity index is 491. The van der Waals surface area contributed by atoms with Gasteiger partial charge in [0.15, 0.2) is 0 Å². The van der Waals surface area contributed by atoms with E-state index < -0.39 is 18.1 Å². The third-order valence-electron chi connectivity index (χ3n) is 2.28. The number of carbonyl (C=O) groups excluding carboxylic acids is 1. The standard InChI is InChI=1S/C12H15BrN2O4/c1-7(16)6-15(2)12(19)14-10-4-8(11(17)18)3-9(13)5-10/h3-5,7,16H,6H2,1-2H3,(H,14,19)(H,17,18). The zero-order valence-electron chi connectivity index (χ0n) is 10.6. The third kappa shape index (κ3) is 4.88. The number of rotatable bonds is 4. The number of urea groups is 1. The van der Waals surface area contributed by atoms with Gasteiger partial charge in [0.2, 0.25) is 0 Å². The molecule has 0 aliphatic rings. The van der Waals surface area contributed by atoms with E-state index in [4.69, 9.17) is 5.11 Å². The van der Waals surface area contributed by atoms with E-state index in [1.807, 2.05) is 0 Å². The molecular formula is C12H15BrN2O4. The lowest BCUT2D eigenvalue weighted by Crippen LogP contribution is -2.36. The molecule has 0 radical (unpaired) electrons. The summed E-state index contributed by atoms with van der Waals surface area (Å²) < 4.78 is 0.556. The molecule has 0 heterocycles. The van der Waals surface area contributed by atoms with Crippen LogP contribution in [0.2, 0.25) is 0 Å². The number of aliphatic hydroxyl groups excluding tert-OH is 1. The predicted octanol–water partition coefficient (Wildman–Crippen LogP) is 1.99. The number of likely N-dealkylation sites (N-methyl/N-ethyl adjacent to an activating group) is 1. The zero-order chi connectivity index (χ0) is 14.6. The topological polar surface area (TPSA) is 89.9 Å². The molecule has 1 aromatic carbocycles. The van der Waals surface area contributed by atoms with Gasteiger partial charge in [-0.05, 0) is 25.1 Å². The summed E-state index contributed by atoms with van der Waals surface area (Å²) in [6.07, 6.45) is -0.632. The van der Waals surface area contributed by atoms with Crippen LogP contribution in [0.5, 0.6) is 0 Å². The molecule has 0 aliphatic heterocycles. The molecule has 1 atom stereocenters. The van der Waals surface area contributed by atoms with Crippen LogP contribution < -0.4 is 5.32 Å².